The summed E-state index contributed by atoms with van der Waals surface area (Å²) < 4.78 is 0. The second-order valence-corrected chi connectivity index (χ2v) is 9.50. The van der Waals surface area contributed by atoms with Gasteiger partial charge < -0.3 is 20.0 Å². The molecule has 1 fully saturated rings. The minimum Gasteiger partial charge on any atom is -0.337 e. The Kier molecular flexibility index (Phi) is 9.79. The van der Waals surface area contributed by atoms with E-state index in [2.05, 4.69) is 46.0 Å². The Morgan fingerprint density at radius 1 is 0.933 bits per heavy atom. The number of carbonyl (C=O) groups excluding carboxylic acids is 2. The molecule has 6 nitrogen and oxygen atoms in total. The van der Waals surface area contributed by atoms with Crippen molar-refractivity contribution in [3.05, 3.63) is 29.8 Å². The summed E-state index contributed by atoms with van der Waals surface area (Å²) in [6, 6.07) is 8.00. The van der Waals surface area contributed by atoms with Crippen molar-refractivity contribution >= 4 is 17.5 Å². The summed E-state index contributed by atoms with van der Waals surface area (Å²) in [5.41, 5.74) is 2.09. The van der Waals surface area contributed by atoms with E-state index in [4.69, 9.17) is 0 Å². The normalized spacial score (nSPS) is 19.2. The van der Waals surface area contributed by atoms with Gasteiger partial charge in [-0.15, -0.1) is 0 Å². The Labute approximate surface area is 182 Å². The molecule has 1 aromatic rings. The van der Waals surface area contributed by atoms with Gasteiger partial charge in [0.05, 0.1) is 0 Å². The highest BCUT2D eigenvalue weighted by Crippen LogP contribution is 2.14. The van der Waals surface area contributed by atoms with Gasteiger partial charge in [0.1, 0.15) is 26.2 Å². The molecule has 0 aromatic heterocycles. The molecule has 3 N–H and O–H groups in total. The number of quaternary nitrogens is 2. The van der Waals surface area contributed by atoms with Crippen molar-refractivity contribution < 1.29 is 19.4 Å². The highest BCUT2D eigenvalue weighted by atomic mass is 16.2. The largest absolute Gasteiger partial charge is 0.337 e. The van der Waals surface area contributed by atoms with E-state index in [9.17, 15) is 9.59 Å². The molecule has 1 aromatic carbocycles. The molecule has 0 aliphatic carbocycles. The quantitative estimate of drug-likeness (QED) is 0.505. The molecule has 0 atom stereocenters. The van der Waals surface area contributed by atoms with Gasteiger partial charge in [-0.1, -0.05) is 52.8 Å². The second-order valence-electron chi connectivity index (χ2n) is 9.50. The molecule has 1 aliphatic heterocycles. The van der Waals surface area contributed by atoms with E-state index in [-0.39, 0.29) is 11.8 Å². The third-order valence-electron chi connectivity index (χ3n) is 5.67. The first kappa shape index (κ1) is 24.4. The smallest absolute Gasteiger partial charge is 0.279 e. The first-order valence-corrected chi connectivity index (χ1v) is 11.6. The topological polar surface area (TPSA) is 58.3 Å². The fourth-order valence-corrected chi connectivity index (χ4v) is 4.17. The number of piperazine rings is 1. The number of nitrogens with one attached hydrogen (secondary N) is 3. The number of amides is 2. The van der Waals surface area contributed by atoms with Crippen LogP contribution in [0.1, 0.15) is 40.2 Å². The van der Waals surface area contributed by atoms with E-state index >= 15 is 0 Å². The zero-order valence-corrected chi connectivity index (χ0v) is 19.6. The zero-order chi connectivity index (χ0) is 22.1. The summed E-state index contributed by atoms with van der Waals surface area (Å²) in [4.78, 5) is 30.0. The number of anilines is 1. The maximum atomic E-state index is 12.8. The Balaban J connectivity index is 1.78. The molecule has 0 spiro atoms. The van der Waals surface area contributed by atoms with Gasteiger partial charge in [0.2, 0.25) is 0 Å². The number of benzene rings is 1. The first-order valence-electron chi connectivity index (χ1n) is 11.6. The van der Waals surface area contributed by atoms with Crippen LogP contribution in [0.5, 0.6) is 0 Å². The average Bonchev–Trinajstić information content (AvgIpc) is 2.68. The van der Waals surface area contributed by atoms with E-state index in [1.165, 1.54) is 15.4 Å². The fraction of sp³-hybridized carbons (Fsp3) is 0.667. The predicted molar refractivity (Wildman–Crippen MR) is 122 cm³/mol. The van der Waals surface area contributed by atoms with Gasteiger partial charge in [0, 0.05) is 18.8 Å². The van der Waals surface area contributed by atoms with E-state index in [1.54, 1.807) is 0 Å². The summed E-state index contributed by atoms with van der Waals surface area (Å²) in [5.74, 6) is 1.32. The Morgan fingerprint density at radius 3 is 2.00 bits per heavy atom. The van der Waals surface area contributed by atoms with E-state index < -0.39 is 0 Å². The van der Waals surface area contributed by atoms with Gasteiger partial charge in [-0.05, 0) is 29.9 Å². The molecule has 0 saturated carbocycles. The molecule has 1 heterocycles. The minimum atomic E-state index is 0.0745. The third kappa shape index (κ3) is 8.07. The predicted octanol–water partition coefficient (Wildman–Crippen LogP) is 0.112. The zero-order valence-electron chi connectivity index (χ0n) is 19.6. The van der Waals surface area contributed by atoms with Crippen LogP contribution in [-0.2, 0) is 16.0 Å². The van der Waals surface area contributed by atoms with Crippen LogP contribution in [0.15, 0.2) is 24.3 Å². The van der Waals surface area contributed by atoms with Gasteiger partial charge in [-0.25, -0.2) is 0 Å². The number of hydrogen-bond acceptors (Lipinski definition) is 2. The van der Waals surface area contributed by atoms with Crippen LogP contribution in [-0.4, -0.2) is 69.1 Å². The number of carbonyl (C=O) groups is 2. The lowest BCUT2D eigenvalue weighted by molar-refractivity contribution is -1.00. The lowest BCUT2D eigenvalue weighted by atomic mass is 10.1. The highest BCUT2D eigenvalue weighted by molar-refractivity contribution is 5.92. The van der Waals surface area contributed by atoms with Crippen LogP contribution in [0, 0.1) is 11.8 Å². The van der Waals surface area contributed by atoms with Crippen molar-refractivity contribution in [2.75, 3.05) is 57.7 Å². The molecular weight excluding hydrogens is 376 g/mol. The number of aryl methyl sites for hydroxylation is 1. The van der Waals surface area contributed by atoms with Crippen LogP contribution in [0.2, 0.25) is 0 Å². The maximum Gasteiger partial charge on any atom is 0.279 e. The average molecular weight is 419 g/mol. The molecule has 6 heteroatoms. The monoisotopic (exact) mass is 418 g/mol. The summed E-state index contributed by atoms with van der Waals surface area (Å²) in [7, 11) is 0. The van der Waals surface area contributed by atoms with Gasteiger partial charge in [-0.2, -0.15) is 0 Å². The van der Waals surface area contributed by atoms with Gasteiger partial charge in [0.15, 0.2) is 13.1 Å². The van der Waals surface area contributed by atoms with Crippen molar-refractivity contribution in [2.45, 2.75) is 41.0 Å². The number of hydrogen-bond donors (Lipinski definition) is 3. The summed E-state index contributed by atoms with van der Waals surface area (Å²) in [6.07, 6.45) is 0.907. The van der Waals surface area contributed by atoms with Crippen molar-refractivity contribution in [3.63, 3.8) is 0 Å². The van der Waals surface area contributed by atoms with Crippen LogP contribution >= 0.6 is 0 Å². The van der Waals surface area contributed by atoms with E-state index in [0.29, 0.717) is 24.9 Å². The van der Waals surface area contributed by atoms with E-state index in [1.807, 2.05) is 23.1 Å². The fourth-order valence-electron chi connectivity index (χ4n) is 4.17. The molecular formula is C24H42N4O2+2. The molecule has 0 unspecified atom stereocenters. The maximum absolute atomic E-state index is 12.8. The summed E-state index contributed by atoms with van der Waals surface area (Å²) in [5, 5.41) is 3.08. The molecule has 2 amide bonds. The molecule has 168 valence electrons. The minimum absolute atomic E-state index is 0.0745. The lowest BCUT2D eigenvalue weighted by Crippen LogP contribution is -3.28. The van der Waals surface area contributed by atoms with Crippen molar-refractivity contribution in [2.24, 2.45) is 11.8 Å². The standard InChI is InChI=1S/C24H40N4O2/c1-6-21-9-7-8-10-22(21)25-23(29)17-26-11-13-27(14-12-26)18-24(30)28(15-19(2)3)16-20(4)5/h7-10,19-20H,6,11-18H2,1-5H3,(H,25,29)/p+2. The Hall–Kier alpha value is -1.92. The Bertz CT molecular complexity index is 672. The summed E-state index contributed by atoms with van der Waals surface area (Å²) in [6.45, 7) is 17.2. The number of nitrogens with zero attached hydrogens (tertiary/aromatic N) is 1. The molecule has 0 bridgehead atoms. The highest BCUT2D eigenvalue weighted by Gasteiger charge is 2.28. The van der Waals surface area contributed by atoms with Gasteiger partial charge in [-0.3, -0.25) is 9.59 Å². The first-order chi connectivity index (χ1) is 14.3. The van der Waals surface area contributed by atoms with Gasteiger partial charge in [0.25, 0.3) is 11.8 Å². The lowest BCUT2D eigenvalue weighted by Gasteiger charge is -2.31. The van der Waals surface area contributed by atoms with Crippen LogP contribution in [0.25, 0.3) is 0 Å². The van der Waals surface area contributed by atoms with Crippen molar-refractivity contribution in [3.8, 4) is 0 Å². The summed E-state index contributed by atoms with van der Waals surface area (Å²) >= 11 is 0. The van der Waals surface area contributed by atoms with Crippen molar-refractivity contribution in [1.82, 2.24) is 4.90 Å². The molecule has 1 saturated heterocycles. The van der Waals surface area contributed by atoms with Gasteiger partial charge >= 0.3 is 0 Å². The number of para-hydroxylation sites is 1. The number of rotatable bonds is 10. The van der Waals surface area contributed by atoms with Crippen molar-refractivity contribution in [1.29, 1.82) is 0 Å². The van der Waals surface area contributed by atoms with E-state index in [0.717, 1.165) is 51.4 Å². The second kappa shape index (κ2) is 12.1. The molecule has 1 aliphatic rings. The molecule has 0 radical (unpaired) electrons. The molecule has 30 heavy (non-hydrogen) atoms. The SMILES string of the molecule is CCc1ccccc1NC(=O)C[NH+]1CC[NH+](CC(=O)N(CC(C)C)CC(C)C)CC1. The molecule has 2 rings (SSSR count). The van der Waals surface area contributed by atoms with Crippen LogP contribution in [0.3, 0.4) is 0 Å². The van der Waals surface area contributed by atoms with Crippen LogP contribution in [0.4, 0.5) is 5.69 Å². The third-order valence-corrected chi connectivity index (χ3v) is 5.67. The Morgan fingerprint density at radius 2 is 1.47 bits per heavy atom. The van der Waals surface area contributed by atoms with Crippen LogP contribution < -0.4 is 15.1 Å².